The van der Waals surface area contributed by atoms with Crippen molar-refractivity contribution >= 4 is 34.4 Å². The third kappa shape index (κ3) is 6.23. The molecular formula is C35H33N3O5. The van der Waals surface area contributed by atoms with E-state index < -0.39 is 0 Å². The molecule has 8 nitrogen and oxygen atoms in total. The number of carbonyl (C=O) groups is 2. The van der Waals surface area contributed by atoms with Crippen molar-refractivity contribution in [2.75, 3.05) is 37.0 Å². The third-order valence-corrected chi connectivity index (χ3v) is 7.93. The van der Waals surface area contributed by atoms with Crippen LogP contribution in [-0.2, 0) is 4.74 Å². The van der Waals surface area contributed by atoms with Gasteiger partial charge in [-0.05, 0) is 79.3 Å². The predicted octanol–water partition coefficient (Wildman–Crippen LogP) is 7.14. The van der Waals surface area contributed by atoms with Gasteiger partial charge in [-0.25, -0.2) is 9.78 Å². The summed E-state index contributed by atoms with van der Waals surface area (Å²) in [4.78, 5) is 31.8. The Bertz CT molecular complexity index is 1740. The zero-order chi connectivity index (χ0) is 29.8. The van der Waals surface area contributed by atoms with E-state index in [0.717, 1.165) is 53.8 Å². The number of hydrogen-bond acceptors (Lipinski definition) is 7. The molecule has 43 heavy (non-hydrogen) atoms. The van der Waals surface area contributed by atoms with E-state index in [1.54, 1.807) is 24.4 Å². The highest BCUT2D eigenvalue weighted by Crippen LogP contribution is 2.31. The van der Waals surface area contributed by atoms with Gasteiger partial charge in [-0.2, -0.15) is 0 Å². The zero-order valence-corrected chi connectivity index (χ0v) is 24.2. The minimum Gasteiger partial charge on any atom is -0.493 e. The molecule has 0 saturated carbocycles. The molecule has 0 aliphatic carbocycles. The number of benzene rings is 3. The lowest BCUT2D eigenvalue weighted by atomic mass is 9.98. The summed E-state index contributed by atoms with van der Waals surface area (Å²) in [6.07, 6.45) is 3.62. The van der Waals surface area contributed by atoms with Crippen molar-refractivity contribution in [3.05, 3.63) is 108 Å². The predicted molar refractivity (Wildman–Crippen MR) is 167 cm³/mol. The lowest BCUT2D eigenvalue weighted by Gasteiger charge is -2.32. The summed E-state index contributed by atoms with van der Waals surface area (Å²) in [6.45, 7) is 4.22. The summed E-state index contributed by atoms with van der Waals surface area (Å²) >= 11 is 0. The number of aromatic nitrogens is 1. The van der Waals surface area contributed by atoms with E-state index in [9.17, 15) is 9.59 Å². The number of aryl methyl sites for hydroxylation is 1. The van der Waals surface area contributed by atoms with Gasteiger partial charge in [0.2, 0.25) is 0 Å². The Hall–Kier alpha value is -5.11. The second-order valence-electron chi connectivity index (χ2n) is 10.8. The van der Waals surface area contributed by atoms with E-state index in [4.69, 9.17) is 13.9 Å². The number of amides is 1. The first-order chi connectivity index (χ1) is 21.0. The largest absolute Gasteiger partial charge is 0.493 e. The summed E-state index contributed by atoms with van der Waals surface area (Å²) in [6, 6.07) is 27.0. The molecule has 1 N–H and O–H groups in total. The van der Waals surface area contributed by atoms with Crippen LogP contribution >= 0.6 is 0 Å². The van der Waals surface area contributed by atoms with Gasteiger partial charge in [-0.1, -0.05) is 42.5 Å². The van der Waals surface area contributed by atoms with E-state index in [1.165, 1.54) is 7.11 Å². The van der Waals surface area contributed by atoms with Gasteiger partial charge in [-0.3, -0.25) is 4.79 Å². The van der Waals surface area contributed by atoms with Crippen molar-refractivity contribution < 1.29 is 23.5 Å². The lowest BCUT2D eigenvalue weighted by Crippen LogP contribution is -2.36. The van der Waals surface area contributed by atoms with Crippen LogP contribution in [0.5, 0.6) is 5.75 Å². The first-order valence-electron chi connectivity index (χ1n) is 14.4. The van der Waals surface area contributed by atoms with Crippen molar-refractivity contribution in [2.45, 2.75) is 19.8 Å². The topological polar surface area (TPSA) is 93.9 Å². The molecule has 1 aliphatic heterocycles. The number of ether oxygens (including phenoxy) is 2. The summed E-state index contributed by atoms with van der Waals surface area (Å²) in [5.41, 5.74) is 4.76. The number of carbonyl (C=O) groups excluding carboxylic acids is 2. The fourth-order valence-electron chi connectivity index (χ4n) is 5.46. The molecule has 6 rings (SSSR count). The molecule has 0 spiro atoms. The Labute approximate surface area is 250 Å². The minimum absolute atomic E-state index is 0.297. The summed E-state index contributed by atoms with van der Waals surface area (Å²) < 4.78 is 16.7. The van der Waals surface area contributed by atoms with E-state index >= 15 is 0 Å². The number of furan rings is 1. The molecule has 1 saturated heterocycles. The molecule has 1 fully saturated rings. The van der Waals surface area contributed by atoms with Crippen molar-refractivity contribution in [1.82, 2.24) is 4.98 Å². The van der Waals surface area contributed by atoms with Gasteiger partial charge in [0.1, 0.15) is 17.2 Å². The molecule has 0 unspecified atom stereocenters. The van der Waals surface area contributed by atoms with E-state index in [2.05, 4.69) is 33.4 Å². The highest BCUT2D eigenvalue weighted by molar-refractivity contribution is 6.06. The quantitative estimate of drug-likeness (QED) is 0.197. The van der Waals surface area contributed by atoms with Crippen LogP contribution in [0.1, 0.15) is 39.3 Å². The molecule has 5 aromatic rings. The van der Waals surface area contributed by atoms with Crippen molar-refractivity contribution in [3.63, 3.8) is 0 Å². The number of nitrogens with zero attached hydrogens (tertiary/aromatic N) is 2. The number of fused-ring (bicyclic) bond motifs is 1. The molecule has 218 valence electrons. The van der Waals surface area contributed by atoms with Crippen LogP contribution in [0.3, 0.4) is 0 Å². The van der Waals surface area contributed by atoms with Gasteiger partial charge in [0.25, 0.3) is 5.91 Å². The van der Waals surface area contributed by atoms with Crippen molar-refractivity contribution in [3.8, 4) is 16.9 Å². The van der Waals surface area contributed by atoms with Gasteiger partial charge in [-0.15, -0.1) is 0 Å². The van der Waals surface area contributed by atoms with Crippen LogP contribution in [-0.4, -0.2) is 43.7 Å². The smallest absolute Gasteiger partial charge is 0.337 e. The average Bonchev–Trinajstić information content (AvgIpc) is 3.40. The molecule has 0 bridgehead atoms. The number of methoxy groups -OCH3 is 1. The van der Waals surface area contributed by atoms with E-state index in [-0.39, 0.29) is 11.9 Å². The number of hydrogen-bond donors (Lipinski definition) is 1. The first-order valence-corrected chi connectivity index (χ1v) is 14.4. The SMILES string of the molecule is COC(=O)c1cccc(OCC2CCN(c3ccc(NC(=O)c4oc5ccc(-c6ccccc6)cc5c4C)cn3)CC2)c1. The minimum atomic E-state index is -0.376. The average molecular weight is 576 g/mol. The monoisotopic (exact) mass is 575 g/mol. The number of esters is 1. The maximum atomic E-state index is 13.1. The summed E-state index contributed by atoms with van der Waals surface area (Å²) in [5, 5.41) is 3.85. The van der Waals surface area contributed by atoms with Crippen LogP contribution in [0.4, 0.5) is 11.5 Å². The van der Waals surface area contributed by atoms with Gasteiger partial charge in [0, 0.05) is 24.0 Å². The van der Waals surface area contributed by atoms with Gasteiger partial charge in [0.15, 0.2) is 5.76 Å². The number of rotatable bonds is 8. The fraction of sp³-hybridized carbons (Fsp3) is 0.229. The van der Waals surface area contributed by atoms with Gasteiger partial charge < -0.3 is 24.1 Å². The fourth-order valence-corrected chi connectivity index (χ4v) is 5.46. The number of piperidine rings is 1. The number of nitrogens with one attached hydrogen (secondary N) is 1. The maximum absolute atomic E-state index is 13.1. The van der Waals surface area contributed by atoms with E-state index in [1.807, 2.05) is 55.5 Å². The molecule has 1 amide bonds. The van der Waals surface area contributed by atoms with Crippen molar-refractivity contribution in [2.24, 2.45) is 5.92 Å². The third-order valence-electron chi connectivity index (χ3n) is 7.93. The zero-order valence-electron chi connectivity index (χ0n) is 24.2. The molecule has 0 atom stereocenters. The number of anilines is 2. The molecule has 8 heteroatoms. The lowest BCUT2D eigenvalue weighted by molar-refractivity contribution is 0.0600. The molecule has 2 aromatic heterocycles. The molecular weight excluding hydrogens is 542 g/mol. The number of pyridine rings is 1. The highest BCUT2D eigenvalue weighted by atomic mass is 16.5. The standard InChI is InChI=1S/C35H33N3O5/c1-23-30-20-26(25-7-4-3-5-8-25)11-13-31(30)43-33(23)34(39)37-28-12-14-32(36-21-28)38-17-15-24(16-18-38)22-42-29-10-6-9-27(19-29)35(40)41-2/h3-14,19-21,24H,15-18,22H2,1-2H3,(H,37,39). The second kappa shape index (κ2) is 12.4. The summed E-state index contributed by atoms with van der Waals surface area (Å²) in [5.74, 6) is 1.57. The van der Waals surface area contributed by atoms with Crippen molar-refractivity contribution in [1.29, 1.82) is 0 Å². The Morgan fingerprint density at radius 3 is 2.51 bits per heavy atom. The second-order valence-corrected chi connectivity index (χ2v) is 10.8. The molecule has 0 radical (unpaired) electrons. The first kappa shape index (κ1) is 28.0. The highest BCUT2D eigenvalue weighted by Gasteiger charge is 2.22. The van der Waals surface area contributed by atoms with Crippen LogP contribution in [0, 0.1) is 12.8 Å². The normalized spacial score (nSPS) is 13.6. The summed E-state index contributed by atoms with van der Waals surface area (Å²) in [7, 11) is 1.37. The molecule has 1 aliphatic rings. The Kier molecular flexibility index (Phi) is 8.09. The van der Waals surface area contributed by atoms with E-state index in [0.29, 0.717) is 40.9 Å². The van der Waals surface area contributed by atoms with Crippen LogP contribution in [0.2, 0.25) is 0 Å². The van der Waals surface area contributed by atoms with Gasteiger partial charge >= 0.3 is 5.97 Å². The Balaban J connectivity index is 1.03. The van der Waals surface area contributed by atoms with Crippen LogP contribution < -0.4 is 15.0 Å². The molecule has 3 heterocycles. The Morgan fingerprint density at radius 2 is 1.77 bits per heavy atom. The van der Waals surface area contributed by atoms with Crippen LogP contribution in [0.25, 0.3) is 22.1 Å². The molecule has 3 aromatic carbocycles. The maximum Gasteiger partial charge on any atom is 0.337 e. The van der Waals surface area contributed by atoms with Gasteiger partial charge in [0.05, 0.1) is 31.2 Å². The van der Waals surface area contributed by atoms with Crippen LogP contribution in [0.15, 0.2) is 95.5 Å². The Morgan fingerprint density at radius 1 is 0.953 bits per heavy atom.